The molecular formula is C26H53NO2Sn. The molecule has 0 bridgehead atoms. The van der Waals surface area contributed by atoms with Gasteiger partial charge in [-0.3, -0.25) is 0 Å². The molecule has 1 N–H and O–H groups in total. The van der Waals surface area contributed by atoms with Crippen LogP contribution in [0.2, 0.25) is 13.3 Å². The molecule has 4 heteroatoms. The van der Waals surface area contributed by atoms with Crippen LogP contribution in [0.25, 0.3) is 0 Å². The molecule has 0 radical (unpaired) electrons. The van der Waals surface area contributed by atoms with Crippen molar-refractivity contribution in [2.75, 3.05) is 26.7 Å². The Morgan fingerprint density at radius 2 is 1.60 bits per heavy atom. The third-order valence-electron chi connectivity index (χ3n) is 7.03. The third kappa shape index (κ3) is 10.8. The molecule has 0 aromatic heterocycles. The molecule has 30 heavy (non-hydrogen) atoms. The van der Waals surface area contributed by atoms with Gasteiger partial charge in [0.25, 0.3) is 0 Å². The molecule has 0 amide bonds. The maximum absolute atomic E-state index is 11.0. The number of allylic oxidation sites excluding steroid dienone is 1. The molecule has 3 nitrogen and oxygen atoms in total. The van der Waals surface area contributed by atoms with Gasteiger partial charge in [0, 0.05) is 0 Å². The number of ether oxygens (including phenoxy) is 1. The fourth-order valence-corrected chi connectivity index (χ4v) is 19.5. The van der Waals surface area contributed by atoms with Gasteiger partial charge in [0.15, 0.2) is 0 Å². The van der Waals surface area contributed by atoms with E-state index >= 15 is 0 Å². The molecule has 3 unspecified atom stereocenters. The Morgan fingerprint density at radius 3 is 2.13 bits per heavy atom. The summed E-state index contributed by atoms with van der Waals surface area (Å²) in [5.74, 6) is 0.301. The minimum atomic E-state index is -2.17. The van der Waals surface area contributed by atoms with Crippen molar-refractivity contribution >= 4 is 18.4 Å². The van der Waals surface area contributed by atoms with Gasteiger partial charge in [0.2, 0.25) is 0 Å². The first-order chi connectivity index (χ1) is 14.5. The van der Waals surface area contributed by atoms with Crippen molar-refractivity contribution in [2.24, 2.45) is 5.92 Å². The van der Waals surface area contributed by atoms with Crippen molar-refractivity contribution in [3.63, 3.8) is 0 Å². The summed E-state index contributed by atoms with van der Waals surface area (Å²) in [7, 11) is 2.17. The van der Waals surface area contributed by atoms with Gasteiger partial charge in [0.1, 0.15) is 0 Å². The number of aliphatic hydroxyl groups excluding tert-OH is 1. The Morgan fingerprint density at radius 1 is 1.00 bits per heavy atom. The molecule has 1 aliphatic rings. The van der Waals surface area contributed by atoms with Crippen LogP contribution in [0.1, 0.15) is 91.9 Å². The van der Waals surface area contributed by atoms with Crippen LogP contribution in [0.3, 0.4) is 0 Å². The average molecular weight is 530 g/mol. The molecule has 0 aromatic rings. The molecule has 1 rings (SSSR count). The molecule has 0 saturated carbocycles. The fraction of sp³-hybridized carbons (Fsp3) is 0.923. The molecule has 178 valence electrons. The van der Waals surface area contributed by atoms with Crippen LogP contribution in [0, 0.1) is 5.92 Å². The van der Waals surface area contributed by atoms with E-state index in [0.29, 0.717) is 5.92 Å². The number of hydrogen-bond acceptors (Lipinski definition) is 3. The van der Waals surface area contributed by atoms with Gasteiger partial charge < -0.3 is 0 Å². The zero-order chi connectivity index (χ0) is 22.2. The first kappa shape index (κ1) is 28.5. The van der Waals surface area contributed by atoms with E-state index in [2.05, 4.69) is 49.8 Å². The Bertz CT molecular complexity index is 421. The van der Waals surface area contributed by atoms with Crippen molar-refractivity contribution < 1.29 is 9.84 Å². The zero-order valence-corrected chi connectivity index (χ0v) is 23.9. The number of likely N-dealkylation sites (N-methyl/N-ethyl adjacent to an activating group) is 1. The van der Waals surface area contributed by atoms with Crippen molar-refractivity contribution in [1.82, 2.24) is 4.90 Å². The van der Waals surface area contributed by atoms with Gasteiger partial charge in [-0.15, -0.1) is 0 Å². The van der Waals surface area contributed by atoms with E-state index in [0.717, 1.165) is 45.4 Å². The summed E-state index contributed by atoms with van der Waals surface area (Å²) in [4.78, 5) is 2.35. The van der Waals surface area contributed by atoms with Crippen LogP contribution in [0.15, 0.2) is 10.2 Å². The van der Waals surface area contributed by atoms with Gasteiger partial charge >= 0.3 is 193 Å². The Balaban J connectivity index is 2.67. The first-order valence-corrected chi connectivity index (χ1v) is 20.9. The van der Waals surface area contributed by atoms with Gasteiger partial charge in [-0.05, 0) is 0 Å². The van der Waals surface area contributed by atoms with Gasteiger partial charge in [-0.2, -0.15) is 0 Å². The normalized spacial score (nSPS) is 22.1. The van der Waals surface area contributed by atoms with Crippen molar-refractivity contribution in [2.45, 2.75) is 117 Å². The average Bonchev–Trinajstić information content (AvgIpc) is 2.75. The second-order valence-corrected chi connectivity index (χ2v) is 22.9. The SMILES string of the molecule is CCC[CH2][Sn]([CH]=CCCC(O)C1CCN(C)CC1OCCC)([CH2]CCC)[CH2]CCC. The zero-order valence-electron chi connectivity index (χ0n) is 21.0. The molecule has 3 atom stereocenters. The molecule has 0 aromatic carbocycles. The topological polar surface area (TPSA) is 32.7 Å². The molecule has 1 fully saturated rings. The van der Waals surface area contributed by atoms with Crippen molar-refractivity contribution in [1.29, 1.82) is 0 Å². The minimum absolute atomic E-state index is 0.194. The predicted molar refractivity (Wildman–Crippen MR) is 135 cm³/mol. The molecule has 1 heterocycles. The van der Waals surface area contributed by atoms with Crippen LogP contribution >= 0.6 is 0 Å². The number of rotatable bonds is 17. The molecule has 1 saturated heterocycles. The van der Waals surface area contributed by atoms with Gasteiger partial charge in [0.05, 0.1) is 0 Å². The quantitative estimate of drug-likeness (QED) is 0.210. The fourth-order valence-electron chi connectivity index (χ4n) is 5.00. The summed E-state index contributed by atoms with van der Waals surface area (Å²) in [6.07, 6.45) is 14.8. The van der Waals surface area contributed by atoms with Crippen LogP contribution in [-0.4, -0.2) is 67.3 Å². The maximum atomic E-state index is 11.0. The third-order valence-corrected chi connectivity index (χ3v) is 21.3. The van der Waals surface area contributed by atoms with E-state index < -0.39 is 18.4 Å². The number of unbranched alkanes of at least 4 members (excludes halogenated alkanes) is 3. The van der Waals surface area contributed by atoms with Crippen LogP contribution in [0.4, 0.5) is 0 Å². The Hall–Kier alpha value is 0.419. The standard InChI is InChI=1S/C14H26NO2.3C4H9.Sn/c1-4-6-7-13(16)12-8-9-15(3)11-14(12)17-10-5-2;3*1-3-4-2;/h1,4,12-14,16H,5-11H2,2-3H3;3*1,3-4H2,2H3;. The van der Waals surface area contributed by atoms with E-state index in [4.69, 9.17) is 4.74 Å². The summed E-state index contributed by atoms with van der Waals surface area (Å²) in [6, 6.07) is 0. The monoisotopic (exact) mass is 531 g/mol. The predicted octanol–water partition coefficient (Wildman–Crippen LogP) is 6.82. The second kappa shape index (κ2) is 17.0. The van der Waals surface area contributed by atoms with Crippen LogP contribution in [-0.2, 0) is 4.74 Å². The molecular weight excluding hydrogens is 477 g/mol. The Kier molecular flexibility index (Phi) is 16.1. The Labute approximate surface area is 192 Å². The number of aliphatic hydroxyl groups is 1. The van der Waals surface area contributed by atoms with E-state index in [9.17, 15) is 5.11 Å². The van der Waals surface area contributed by atoms with Crippen molar-refractivity contribution in [3.05, 3.63) is 10.2 Å². The molecule has 0 aliphatic carbocycles. The summed E-state index contributed by atoms with van der Waals surface area (Å²) in [5, 5.41) is 11.0. The van der Waals surface area contributed by atoms with E-state index in [1.54, 1.807) is 0 Å². The molecule has 1 aliphatic heterocycles. The van der Waals surface area contributed by atoms with Gasteiger partial charge in [-0.25, -0.2) is 0 Å². The van der Waals surface area contributed by atoms with Crippen LogP contribution < -0.4 is 0 Å². The van der Waals surface area contributed by atoms with Crippen LogP contribution in [0.5, 0.6) is 0 Å². The summed E-state index contributed by atoms with van der Waals surface area (Å²) < 4.78 is 13.5. The second-order valence-electron chi connectivity index (χ2n) is 9.84. The first-order valence-electron chi connectivity index (χ1n) is 13.2. The number of piperidine rings is 1. The number of likely N-dealkylation sites (tertiary alicyclic amines) is 1. The number of nitrogens with zero attached hydrogens (tertiary/aromatic N) is 1. The van der Waals surface area contributed by atoms with E-state index in [1.807, 2.05) is 0 Å². The van der Waals surface area contributed by atoms with Crippen molar-refractivity contribution in [3.8, 4) is 0 Å². The van der Waals surface area contributed by atoms with E-state index in [1.165, 1.54) is 51.8 Å². The number of hydrogen-bond donors (Lipinski definition) is 1. The summed E-state index contributed by atoms with van der Waals surface area (Å²) in [6.45, 7) is 12.0. The molecule has 0 spiro atoms. The van der Waals surface area contributed by atoms with E-state index in [-0.39, 0.29) is 12.2 Å². The summed E-state index contributed by atoms with van der Waals surface area (Å²) in [5.41, 5.74) is 0. The van der Waals surface area contributed by atoms with Gasteiger partial charge in [-0.1, -0.05) is 0 Å². The summed E-state index contributed by atoms with van der Waals surface area (Å²) >= 11 is -2.17.